The molecule has 0 saturated heterocycles. The van der Waals surface area contributed by atoms with Crippen LogP contribution in [0.2, 0.25) is 0 Å². The summed E-state index contributed by atoms with van der Waals surface area (Å²) in [6.07, 6.45) is 0. The lowest BCUT2D eigenvalue weighted by Crippen LogP contribution is -2.23. The molecule has 2 aromatic carbocycles. The van der Waals surface area contributed by atoms with E-state index >= 15 is 0 Å². The number of nitriles is 2. The van der Waals surface area contributed by atoms with Gasteiger partial charge in [-0.1, -0.05) is 28.1 Å². The highest BCUT2D eigenvalue weighted by molar-refractivity contribution is 9.10. The number of halogens is 1. The zero-order valence-electron chi connectivity index (χ0n) is 17.7. The molecule has 4 aromatic rings. The van der Waals surface area contributed by atoms with Gasteiger partial charge in [-0.15, -0.1) is 11.3 Å². The molecule has 0 aliphatic rings. The van der Waals surface area contributed by atoms with Crippen molar-refractivity contribution >= 4 is 27.3 Å². The molecule has 4 rings (SSSR count). The molecule has 9 heteroatoms. The molecule has 0 aliphatic heterocycles. The Morgan fingerprint density at radius 3 is 2.39 bits per heavy atom. The van der Waals surface area contributed by atoms with E-state index in [-0.39, 0.29) is 5.56 Å². The number of benzene rings is 2. The number of rotatable bonds is 6. The SMILES string of the molecule is COc1ccc(-c2csc(-n3[nH]c(C)c(C(c4ccc(Br)cc4)C(C#N)C#N)c3=O)n2)cc1. The number of nitrogens with one attached hydrogen (secondary N) is 1. The van der Waals surface area contributed by atoms with Crippen molar-refractivity contribution in [2.75, 3.05) is 7.11 Å². The highest BCUT2D eigenvalue weighted by atomic mass is 79.9. The molecule has 1 unspecified atom stereocenters. The molecule has 2 aromatic heterocycles. The van der Waals surface area contributed by atoms with Crippen molar-refractivity contribution in [1.29, 1.82) is 10.5 Å². The minimum Gasteiger partial charge on any atom is -0.497 e. The van der Waals surface area contributed by atoms with E-state index < -0.39 is 11.8 Å². The number of H-pyrrole nitrogens is 1. The zero-order chi connectivity index (χ0) is 23.5. The van der Waals surface area contributed by atoms with Crippen LogP contribution < -0.4 is 10.3 Å². The summed E-state index contributed by atoms with van der Waals surface area (Å²) in [6, 6.07) is 18.9. The van der Waals surface area contributed by atoms with Crippen molar-refractivity contribution in [3.05, 3.63) is 85.6 Å². The normalized spacial score (nSPS) is 11.7. The molecule has 164 valence electrons. The Morgan fingerprint density at radius 1 is 1.12 bits per heavy atom. The summed E-state index contributed by atoms with van der Waals surface area (Å²) < 4.78 is 7.44. The molecule has 33 heavy (non-hydrogen) atoms. The molecular weight excluding hydrogens is 502 g/mol. The molecule has 0 saturated carbocycles. The summed E-state index contributed by atoms with van der Waals surface area (Å²) in [5, 5.41) is 24.7. The largest absolute Gasteiger partial charge is 0.497 e. The van der Waals surface area contributed by atoms with Gasteiger partial charge in [-0.25, -0.2) is 4.98 Å². The maximum absolute atomic E-state index is 13.5. The minimum absolute atomic E-state index is 0.327. The van der Waals surface area contributed by atoms with Crippen LogP contribution in [0.3, 0.4) is 0 Å². The van der Waals surface area contributed by atoms with Crippen LogP contribution in [0.5, 0.6) is 5.75 Å². The van der Waals surface area contributed by atoms with Gasteiger partial charge in [0.15, 0.2) is 0 Å². The maximum Gasteiger partial charge on any atom is 0.277 e. The molecule has 1 atom stereocenters. The van der Waals surface area contributed by atoms with Gasteiger partial charge in [0.1, 0.15) is 11.7 Å². The molecule has 0 aliphatic carbocycles. The summed E-state index contributed by atoms with van der Waals surface area (Å²) in [5.74, 6) is -0.967. The lowest BCUT2D eigenvalue weighted by Gasteiger charge is -2.17. The van der Waals surface area contributed by atoms with E-state index in [9.17, 15) is 15.3 Å². The Labute approximate surface area is 202 Å². The average molecular weight is 520 g/mol. The number of aryl methyl sites for hydroxylation is 1. The second-order valence-corrected chi connectivity index (χ2v) is 9.05. The molecule has 0 amide bonds. The second-order valence-electron chi connectivity index (χ2n) is 7.30. The van der Waals surface area contributed by atoms with Crippen LogP contribution in [0.1, 0.15) is 22.7 Å². The molecule has 7 nitrogen and oxygen atoms in total. The fourth-order valence-electron chi connectivity index (χ4n) is 3.70. The van der Waals surface area contributed by atoms with Crippen LogP contribution in [0.25, 0.3) is 16.4 Å². The zero-order valence-corrected chi connectivity index (χ0v) is 20.1. The third-order valence-corrected chi connectivity index (χ3v) is 6.69. The third-order valence-electron chi connectivity index (χ3n) is 5.34. The van der Waals surface area contributed by atoms with Gasteiger partial charge in [0.2, 0.25) is 5.13 Å². The van der Waals surface area contributed by atoms with Gasteiger partial charge in [-0.05, 0) is 48.9 Å². The number of hydrogen-bond donors (Lipinski definition) is 1. The van der Waals surface area contributed by atoms with E-state index in [0.717, 1.165) is 27.0 Å². The summed E-state index contributed by atoms with van der Waals surface area (Å²) in [6.45, 7) is 1.77. The fraction of sp³-hybridized carbons (Fsp3) is 0.167. The summed E-state index contributed by atoms with van der Waals surface area (Å²) in [5.41, 5.74) is 2.99. The van der Waals surface area contributed by atoms with Crippen molar-refractivity contribution in [2.45, 2.75) is 12.8 Å². The first-order valence-electron chi connectivity index (χ1n) is 9.93. The van der Waals surface area contributed by atoms with E-state index in [1.54, 1.807) is 14.0 Å². The lowest BCUT2D eigenvalue weighted by atomic mass is 9.82. The summed E-state index contributed by atoms with van der Waals surface area (Å²) in [7, 11) is 1.61. The summed E-state index contributed by atoms with van der Waals surface area (Å²) in [4.78, 5) is 18.1. The first-order chi connectivity index (χ1) is 16.0. The molecular formula is C24H18BrN5O2S. The van der Waals surface area contributed by atoms with Gasteiger partial charge in [0.05, 0.1) is 24.9 Å². The Kier molecular flexibility index (Phi) is 6.45. The van der Waals surface area contributed by atoms with Gasteiger partial charge in [-0.2, -0.15) is 15.2 Å². The number of aromatic nitrogens is 3. The molecule has 0 radical (unpaired) electrons. The Balaban J connectivity index is 1.78. The van der Waals surface area contributed by atoms with Crippen LogP contribution >= 0.6 is 27.3 Å². The third kappa shape index (κ3) is 4.34. The second kappa shape index (κ2) is 9.45. The van der Waals surface area contributed by atoms with Crippen LogP contribution in [0.4, 0.5) is 0 Å². The fourth-order valence-corrected chi connectivity index (χ4v) is 4.75. The molecule has 0 fully saturated rings. The van der Waals surface area contributed by atoms with Gasteiger partial charge >= 0.3 is 0 Å². The van der Waals surface area contributed by atoms with Crippen molar-refractivity contribution in [3.63, 3.8) is 0 Å². The number of aromatic amines is 1. The maximum atomic E-state index is 13.5. The number of ether oxygens (including phenoxy) is 1. The summed E-state index contributed by atoms with van der Waals surface area (Å²) >= 11 is 4.73. The van der Waals surface area contributed by atoms with E-state index in [2.05, 4.69) is 26.0 Å². The van der Waals surface area contributed by atoms with Crippen molar-refractivity contribution in [2.24, 2.45) is 5.92 Å². The Bertz CT molecular complexity index is 1410. The van der Waals surface area contributed by atoms with Crippen molar-refractivity contribution in [3.8, 4) is 34.3 Å². The van der Waals surface area contributed by atoms with Crippen LogP contribution in [-0.2, 0) is 0 Å². The Hall–Kier alpha value is -3.66. The molecule has 2 heterocycles. The minimum atomic E-state index is -1.02. The molecule has 0 bridgehead atoms. The molecule has 1 N–H and O–H groups in total. The highest BCUT2D eigenvalue weighted by Crippen LogP contribution is 2.33. The predicted molar refractivity (Wildman–Crippen MR) is 129 cm³/mol. The monoisotopic (exact) mass is 519 g/mol. The van der Waals surface area contributed by atoms with Gasteiger partial charge in [-0.3, -0.25) is 9.89 Å². The van der Waals surface area contributed by atoms with Gasteiger partial charge in [0, 0.05) is 32.6 Å². The standard InChI is InChI=1S/C24H18BrN5O2S/c1-14-21(22(17(11-26)12-27)16-3-7-18(25)8-4-16)23(31)30(29-14)24-28-20(13-33-24)15-5-9-19(32-2)10-6-15/h3-10,13,17,22,29H,1-2H3. The van der Waals surface area contributed by atoms with Crippen LogP contribution in [0.15, 0.2) is 63.2 Å². The predicted octanol–water partition coefficient (Wildman–Crippen LogP) is 5.16. The first-order valence-corrected chi connectivity index (χ1v) is 11.6. The first kappa shape index (κ1) is 22.5. The average Bonchev–Trinajstić information content (AvgIpc) is 3.43. The van der Waals surface area contributed by atoms with Gasteiger partial charge in [0.25, 0.3) is 5.56 Å². The number of nitrogens with zero attached hydrogens (tertiary/aromatic N) is 4. The number of thiazole rings is 1. The van der Waals surface area contributed by atoms with E-state index in [1.807, 2.05) is 66.0 Å². The van der Waals surface area contributed by atoms with E-state index in [4.69, 9.17) is 4.74 Å². The highest BCUT2D eigenvalue weighted by Gasteiger charge is 2.31. The van der Waals surface area contributed by atoms with Crippen molar-refractivity contribution in [1.82, 2.24) is 14.8 Å². The van der Waals surface area contributed by atoms with Gasteiger partial charge < -0.3 is 4.74 Å². The quantitative estimate of drug-likeness (QED) is 0.378. The van der Waals surface area contributed by atoms with Crippen LogP contribution in [-0.4, -0.2) is 21.9 Å². The van der Waals surface area contributed by atoms with E-state index in [1.165, 1.54) is 16.0 Å². The number of hydrogen-bond acceptors (Lipinski definition) is 6. The number of methoxy groups -OCH3 is 1. The Morgan fingerprint density at radius 2 is 1.79 bits per heavy atom. The topological polar surface area (TPSA) is 107 Å². The van der Waals surface area contributed by atoms with E-state index in [0.29, 0.717) is 16.4 Å². The smallest absolute Gasteiger partial charge is 0.277 e. The lowest BCUT2D eigenvalue weighted by molar-refractivity contribution is 0.415. The van der Waals surface area contributed by atoms with Crippen molar-refractivity contribution < 1.29 is 4.74 Å². The molecule has 0 spiro atoms. The van der Waals surface area contributed by atoms with Crippen LogP contribution in [0, 0.1) is 35.5 Å².